The maximum Gasteiger partial charge on any atom is 0.167 e. The molecule has 0 saturated carbocycles. The van der Waals surface area contributed by atoms with Crippen LogP contribution in [0.25, 0.3) is 0 Å². The van der Waals surface area contributed by atoms with Crippen LogP contribution in [0.5, 0.6) is 0 Å². The van der Waals surface area contributed by atoms with Gasteiger partial charge in [0.05, 0.1) is 6.04 Å². The van der Waals surface area contributed by atoms with Crippen molar-refractivity contribution in [3.05, 3.63) is 35.4 Å². The van der Waals surface area contributed by atoms with Crippen molar-refractivity contribution in [1.82, 2.24) is 5.32 Å². The molecule has 2 rings (SSSR count). The Kier molecular flexibility index (Phi) is 2.31. The molecule has 3 nitrogen and oxygen atoms in total. The lowest BCUT2D eigenvalue weighted by Crippen LogP contribution is -2.44. The fourth-order valence-electron chi connectivity index (χ4n) is 1.69. The average Bonchev–Trinajstić information content (AvgIpc) is 2.17. The van der Waals surface area contributed by atoms with Gasteiger partial charge in [0.15, 0.2) is 6.29 Å². The molecule has 0 bridgehead atoms. The highest BCUT2D eigenvalue weighted by molar-refractivity contribution is 5.29. The van der Waals surface area contributed by atoms with E-state index in [1.165, 1.54) is 11.1 Å². The van der Waals surface area contributed by atoms with Crippen LogP contribution in [-0.4, -0.2) is 22.5 Å². The zero-order chi connectivity index (χ0) is 9.26. The first-order chi connectivity index (χ1) is 6.27. The molecule has 0 spiro atoms. The Balaban J connectivity index is 2.20. The number of benzene rings is 1. The summed E-state index contributed by atoms with van der Waals surface area (Å²) in [4.78, 5) is 0. The Morgan fingerprint density at radius 3 is 2.62 bits per heavy atom. The summed E-state index contributed by atoms with van der Waals surface area (Å²) in [7, 11) is 0. The van der Waals surface area contributed by atoms with Crippen molar-refractivity contribution in [1.29, 1.82) is 0 Å². The summed E-state index contributed by atoms with van der Waals surface area (Å²) < 4.78 is 0. The van der Waals surface area contributed by atoms with Gasteiger partial charge in [-0.2, -0.15) is 0 Å². The summed E-state index contributed by atoms with van der Waals surface area (Å²) in [6, 6.07) is 7.84. The number of hydrogen-bond acceptors (Lipinski definition) is 3. The lowest BCUT2D eigenvalue weighted by atomic mass is 9.96. The molecule has 1 aromatic carbocycles. The fourth-order valence-corrected chi connectivity index (χ4v) is 1.69. The van der Waals surface area contributed by atoms with Crippen molar-refractivity contribution < 1.29 is 10.2 Å². The molecule has 1 aliphatic heterocycles. The van der Waals surface area contributed by atoms with Crippen molar-refractivity contribution in [2.24, 2.45) is 0 Å². The van der Waals surface area contributed by atoms with Gasteiger partial charge in [-0.25, -0.2) is 0 Å². The highest BCUT2D eigenvalue weighted by atomic mass is 16.5. The predicted octanol–water partition coefficient (Wildman–Crippen LogP) is 0.0116. The summed E-state index contributed by atoms with van der Waals surface area (Å²) in [6.45, 7) is 0.721. The van der Waals surface area contributed by atoms with E-state index in [0.29, 0.717) is 6.42 Å². The van der Waals surface area contributed by atoms with Gasteiger partial charge in [0, 0.05) is 6.54 Å². The van der Waals surface area contributed by atoms with Crippen molar-refractivity contribution in [3.63, 3.8) is 0 Å². The molecule has 0 unspecified atom stereocenters. The van der Waals surface area contributed by atoms with E-state index in [-0.39, 0.29) is 6.04 Å². The van der Waals surface area contributed by atoms with E-state index in [9.17, 15) is 0 Å². The van der Waals surface area contributed by atoms with Gasteiger partial charge in [-0.15, -0.1) is 0 Å². The van der Waals surface area contributed by atoms with Crippen molar-refractivity contribution in [2.45, 2.75) is 25.3 Å². The van der Waals surface area contributed by atoms with Crippen LogP contribution >= 0.6 is 0 Å². The molecule has 13 heavy (non-hydrogen) atoms. The van der Waals surface area contributed by atoms with Gasteiger partial charge < -0.3 is 15.5 Å². The lowest BCUT2D eigenvalue weighted by molar-refractivity contribution is -0.0685. The monoisotopic (exact) mass is 179 g/mol. The van der Waals surface area contributed by atoms with E-state index in [1.807, 2.05) is 18.2 Å². The van der Waals surface area contributed by atoms with E-state index in [4.69, 9.17) is 10.2 Å². The minimum atomic E-state index is -1.27. The van der Waals surface area contributed by atoms with Crippen molar-refractivity contribution in [3.8, 4) is 0 Å². The van der Waals surface area contributed by atoms with Crippen LogP contribution in [0.15, 0.2) is 24.3 Å². The first-order valence-electron chi connectivity index (χ1n) is 4.43. The fraction of sp³-hybridized carbons (Fsp3) is 0.400. The number of hydrogen-bond donors (Lipinski definition) is 3. The van der Waals surface area contributed by atoms with E-state index in [1.54, 1.807) is 0 Å². The normalized spacial score (nSPS) is 21.6. The maximum absolute atomic E-state index is 9.00. The van der Waals surface area contributed by atoms with E-state index in [0.717, 1.165) is 6.54 Å². The number of rotatable bonds is 1. The van der Waals surface area contributed by atoms with E-state index in [2.05, 4.69) is 11.4 Å². The van der Waals surface area contributed by atoms with Crippen LogP contribution in [0.4, 0.5) is 0 Å². The first kappa shape index (κ1) is 8.69. The number of aliphatic hydroxyl groups is 2. The van der Waals surface area contributed by atoms with Crippen LogP contribution < -0.4 is 5.32 Å². The molecule has 3 N–H and O–H groups in total. The third-order valence-corrected chi connectivity index (χ3v) is 2.47. The summed E-state index contributed by atoms with van der Waals surface area (Å²) >= 11 is 0. The average molecular weight is 179 g/mol. The van der Waals surface area contributed by atoms with Crippen LogP contribution in [-0.2, 0) is 13.0 Å². The van der Waals surface area contributed by atoms with Crippen molar-refractivity contribution in [2.75, 3.05) is 0 Å². The smallest absolute Gasteiger partial charge is 0.167 e. The van der Waals surface area contributed by atoms with Crippen LogP contribution in [0.3, 0.4) is 0 Å². The molecule has 0 amide bonds. The SMILES string of the molecule is OC(O)[C@@H]1Cc2ccccc2CN1. The van der Waals surface area contributed by atoms with Crippen molar-refractivity contribution >= 4 is 0 Å². The Hall–Kier alpha value is -0.900. The maximum atomic E-state index is 9.00. The molecule has 0 aromatic heterocycles. The van der Waals surface area contributed by atoms with Gasteiger partial charge in [-0.1, -0.05) is 24.3 Å². The third-order valence-electron chi connectivity index (χ3n) is 2.47. The van der Waals surface area contributed by atoms with E-state index < -0.39 is 6.29 Å². The molecule has 1 aromatic rings. The van der Waals surface area contributed by atoms with Gasteiger partial charge in [0.2, 0.25) is 0 Å². The minimum absolute atomic E-state index is 0.227. The van der Waals surface area contributed by atoms with Gasteiger partial charge in [0.25, 0.3) is 0 Å². The molecule has 1 heterocycles. The lowest BCUT2D eigenvalue weighted by Gasteiger charge is -2.27. The molecule has 0 aliphatic carbocycles. The summed E-state index contributed by atoms with van der Waals surface area (Å²) in [5.74, 6) is 0. The topological polar surface area (TPSA) is 52.5 Å². The minimum Gasteiger partial charge on any atom is -0.367 e. The second-order valence-corrected chi connectivity index (χ2v) is 3.37. The summed E-state index contributed by atoms with van der Waals surface area (Å²) in [5, 5.41) is 21.1. The van der Waals surface area contributed by atoms with Crippen LogP contribution in [0.2, 0.25) is 0 Å². The Morgan fingerprint density at radius 2 is 1.92 bits per heavy atom. The largest absolute Gasteiger partial charge is 0.367 e. The summed E-state index contributed by atoms with van der Waals surface area (Å²) in [6.07, 6.45) is -0.582. The van der Waals surface area contributed by atoms with Gasteiger partial charge in [-0.3, -0.25) is 0 Å². The third kappa shape index (κ3) is 1.72. The zero-order valence-electron chi connectivity index (χ0n) is 7.27. The zero-order valence-corrected chi connectivity index (χ0v) is 7.27. The van der Waals surface area contributed by atoms with E-state index >= 15 is 0 Å². The quantitative estimate of drug-likeness (QED) is 0.532. The molecule has 1 aliphatic rings. The molecule has 0 fully saturated rings. The Labute approximate surface area is 77.0 Å². The van der Waals surface area contributed by atoms with Gasteiger partial charge in [-0.05, 0) is 17.5 Å². The first-order valence-corrected chi connectivity index (χ1v) is 4.43. The predicted molar refractivity (Wildman–Crippen MR) is 49.0 cm³/mol. The molecule has 0 radical (unpaired) electrons. The number of nitrogens with one attached hydrogen (secondary N) is 1. The van der Waals surface area contributed by atoms with Gasteiger partial charge in [0.1, 0.15) is 0 Å². The highest BCUT2D eigenvalue weighted by Crippen LogP contribution is 2.16. The molecule has 3 heteroatoms. The Morgan fingerprint density at radius 1 is 1.23 bits per heavy atom. The molecule has 1 atom stereocenters. The number of aliphatic hydroxyl groups excluding tert-OH is 1. The Bertz CT molecular complexity index is 299. The second kappa shape index (κ2) is 3.46. The van der Waals surface area contributed by atoms with Crippen LogP contribution in [0.1, 0.15) is 11.1 Å². The molecule has 70 valence electrons. The molecular weight excluding hydrogens is 166 g/mol. The highest BCUT2D eigenvalue weighted by Gasteiger charge is 2.21. The summed E-state index contributed by atoms with van der Waals surface area (Å²) in [5.41, 5.74) is 2.46. The molecule has 0 saturated heterocycles. The van der Waals surface area contributed by atoms with Gasteiger partial charge >= 0.3 is 0 Å². The van der Waals surface area contributed by atoms with Crippen LogP contribution in [0, 0.1) is 0 Å². The second-order valence-electron chi connectivity index (χ2n) is 3.37. The standard InChI is InChI=1S/C10H13NO2/c12-10(13)9-5-7-3-1-2-4-8(7)6-11-9/h1-4,9-13H,5-6H2/t9-/m0/s1. The number of fused-ring (bicyclic) bond motifs is 1. The molecular formula is C10H13NO2.